The molecule has 33 heavy (non-hydrogen) atoms. The van der Waals surface area contributed by atoms with Gasteiger partial charge in [0.25, 0.3) is 0 Å². The summed E-state index contributed by atoms with van der Waals surface area (Å²) < 4.78 is 21.1. The van der Waals surface area contributed by atoms with Crippen molar-refractivity contribution in [1.29, 1.82) is 0 Å². The molecule has 1 unspecified atom stereocenters. The van der Waals surface area contributed by atoms with Crippen LogP contribution in [0.2, 0.25) is 0 Å². The maximum Gasteiger partial charge on any atom is 0.227 e. The summed E-state index contributed by atoms with van der Waals surface area (Å²) in [7, 11) is 1.66. The van der Waals surface area contributed by atoms with E-state index < -0.39 is 0 Å². The summed E-state index contributed by atoms with van der Waals surface area (Å²) >= 11 is 0. The Hall–Kier alpha value is -3.67. The predicted molar refractivity (Wildman–Crippen MR) is 126 cm³/mol. The van der Waals surface area contributed by atoms with Gasteiger partial charge in [0.1, 0.15) is 17.4 Å². The van der Waals surface area contributed by atoms with E-state index in [0.29, 0.717) is 12.1 Å². The van der Waals surface area contributed by atoms with Crippen molar-refractivity contribution < 1.29 is 13.9 Å². The van der Waals surface area contributed by atoms with Gasteiger partial charge < -0.3 is 14.0 Å². The number of carbonyl (C=O) groups excluding carboxylic acids is 1. The Morgan fingerprint density at radius 2 is 2.00 bits per heavy atom. The van der Waals surface area contributed by atoms with Gasteiger partial charge in [-0.05, 0) is 54.8 Å². The van der Waals surface area contributed by atoms with Crippen LogP contribution in [-0.2, 0) is 11.2 Å². The van der Waals surface area contributed by atoms with Crippen LogP contribution in [0.4, 0.5) is 4.39 Å². The highest BCUT2D eigenvalue weighted by Gasteiger charge is 2.28. The van der Waals surface area contributed by atoms with Gasteiger partial charge in [-0.15, -0.1) is 0 Å². The van der Waals surface area contributed by atoms with Gasteiger partial charge in [0.05, 0.1) is 24.7 Å². The summed E-state index contributed by atoms with van der Waals surface area (Å²) in [5.41, 5.74) is 3.64. The average molecular weight is 444 g/mol. The lowest BCUT2D eigenvalue weighted by molar-refractivity contribution is -0.131. The number of nitrogens with zero attached hydrogens (tertiary/aromatic N) is 3. The largest absolute Gasteiger partial charge is 0.497 e. The normalized spacial score (nSPS) is 16.2. The zero-order valence-electron chi connectivity index (χ0n) is 18.6. The van der Waals surface area contributed by atoms with E-state index in [1.165, 1.54) is 12.1 Å². The number of likely N-dealkylation sites (tertiary alicyclic amines) is 1. The minimum atomic E-state index is -0.314. The lowest BCUT2D eigenvalue weighted by atomic mass is 9.96. The van der Waals surface area contributed by atoms with Crippen molar-refractivity contribution in [3.05, 3.63) is 90.1 Å². The van der Waals surface area contributed by atoms with Crippen molar-refractivity contribution in [2.45, 2.75) is 25.2 Å². The number of piperidine rings is 1. The molecule has 4 aromatic rings. The maximum absolute atomic E-state index is 13.5. The number of halogens is 1. The molecule has 168 valence electrons. The van der Waals surface area contributed by atoms with Gasteiger partial charge in [-0.3, -0.25) is 4.79 Å². The Morgan fingerprint density at radius 3 is 2.85 bits per heavy atom. The van der Waals surface area contributed by atoms with E-state index in [0.717, 1.165) is 47.7 Å². The van der Waals surface area contributed by atoms with Crippen LogP contribution in [0.3, 0.4) is 0 Å². The summed E-state index contributed by atoms with van der Waals surface area (Å²) in [6.45, 7) is 1.33. The topological polar surface area (TPSA) is 46.8 Å². The van der Waals surface area contributed by atoms with E-state index >= 15 is 0 Å². The fraction of sp³-hybridized carbons (Fsp3) is 0.259. The smallest absolute Gasteiger partial charge is 0.227 e. The van der Waals surface area contributed by atoms with Crippen molar-refractivity contribution in [1.82, 2.24) is 14.3 Å². The number of amides is 1. The molecule has 0 spiro atoms. The fourth-order valence-electron chi connectivity index (χ4n) is 4.68. The monoisotopic (exact) mass is 443 g/mol. The summed E-state index contributed by atoms with van der Waals surface area (Å²) in [4.78, 5) is 19.9. The predicted octanol–water partition coefficient (Wildman–Crippen LogP) is 5.10. The number of imidazole rings is 1. The summed E-state index contributed by atoms with van der Waals surface area (Å²) in [5.74, 6) is 1.60. The highest BCUT2D eigenvalue weighted by atomic mass is 19.1. The average Bonchev–Trinajstić information content (AvgIpc) is 3.24. The third kappa shape index (κ3) is 4.33. The molecule has 0 N–H and O–H groups in total. The van der Waals surface area contributed by atoms with Gasteiger partial charge >= 0.3 is 0 Å². The Balaban J connectivity index is 1.43. The van der Waals surface area contributed by atoms with Gasteiger partial charge in [0, 0.05) is 30.8 Å². The first-order valence-electron chi connectivity index (χ1n) is 11.3. The van der Waals surface area contributed by atoms with Crippen LogP contribution in [0.15, 0.2) is 72.9 Å². The third-order valence-electron chi connectivity index (χ3n) is 6.30. The second-order valence-electron chi connectivity index (χ2n) is 8.49. The van der Waals surface area contributed by atoms with E-state index in [1.807, 2.05) is 47.5 Å². The van der Waals surface area contributed by atoms with Crippen molar-refractivity contribution in [2.75, 3.05) is 20.2 Å². The van der Waals surface area contributed by atoms with Crippen LogP contribution in [-0.4, -0.2) is 40.4 Å². The molecule has 0 aliphatic carbocycles. The SMILES string of the molecule is COc1cccc(-c2nc(C3CCCN(C(=O)Cc4cccc(F)c4)C3)n3ccccc23)c1. The van der Waals surface area contributed by atoms with E-state index in [2.05, 4.69) is 10.5 Å². The molecule has 2 aromatic carbocycles. The molecule has 0 bridgehead atoms. The first-order valence-corrected chi connectivity index (χ1v) is 11.3. The zero-order chi connectivity index (χ0) is 22.8. The van der Waals surface area contributed by atoms with Crippen LogP contribution in [0.25, 0.3) is 16.8 Å². The number of pyridine rings is 1. The Labute approximate surface area is 192 Å². The lowest BCUT2D eigenvalue weighted by Gasteiger charge is -2.32. The van der Waals surface area contributed by atoms with E-state index in [1.54, 1.807) is 19.2 Å². The Morgan fingerprint density at radius 1 is 1.12 bits per heavy atom. The molecular formula is C27H26FN3O2. The van der Waals surface area contributed by atoms with Crippen molar-refractivity contribution >= 4 is 11.4 Å². The molecule has 3 heterocycles. The number of hydrogen-bond acceptors (Lipinski definition) is 3. The molecule has 1 aliphatic heterocycles. The van der Waals surface area contributed by atoms with Crippen molar-refractivity contribution in [2.24, 2.45) is 0 Å². The van der Waals surface area contributed by atoms with Gasteiger partial charge in [0.2, 0.25) is 5.91 Å². The van der Waals surface area contributed by atoms with Gasteiger partial charge in [-0.2, -0.15) is 0 Å². The molecule has 1 amide bonds. The molecule has 1 aliphatic rings. The molecule has 2 aromatic heterocycles. The zero-order valence-corrected chi connectivity index (χ0v) is 18.6. The number of benzene rings is 2. The van der Waals surface area contributed by atoms with Gasteiger partial charge in [-0.1, -0.05) is 30.3 Å². The number of ether oxygens (including phenoxy) is 1. The second kappa shape index (κ2) is 9.06. The van der Waals surface area contributed by atoms with Gasteiger partial charge in [0.15, 0.2) is 0 Å². The summed E-state index contributed by atoms with van der Waals surface area (Å²) in [6, 6.07) is 20.3. The number of methoxy groups -OCH3 is 1. The number of carbonyl (C=O) groups is 1. The highest BCUT2D eigenvalue weighted by Crippen LogP contribution is 2.33. The Bertz CT molecular complexity index is 1300. The summed E-state index contributed by atoms with van der Waals surface area (Å²) in [6.07, 6.45) is 4.13. The van der Waals surface area contributed by atoms with Gasteiger partial charge in [-0.25, -0.2) is 9.37 Å². The van der Waals surface area contributed by atoms with Crippen molar-refractivity contribution in [3.8, 4) is 17.0 Å². The number of hydrogen-bond donors (Lipinski definition) is 0. The second-order valence-corrected chi connectivity index (χ2v) is 8.49. The minimum Gasteiger partial charge on any atom is -0.497 e. The third-order valence-corrected chi connectivity index (χ3v) is 6.30. The number of rotatable bonds is 5. The van der Waals surface area contributed by atoms with Crippen LogP contribution < -0.4 is 4.74 Å². The van der Waals surface area contributed by atoms with E-state index in [-0.39, 0.29) is 24.1 Å². The van der Waals surface area contributed by atoms with E-state index in [9.17, 15) is 9.18 Å². The molecule has 1 atom stereocenters. The molecule has 6 heteroatoms. The Kier molecular flexibility index (Phi) is 5.82. The molecule has 5 rings (SSSR count). The first kappa shape index (κ1) is 21.2. The summed E-state index contributed by atoms with van der Waals surface area (Å²) in [5, 5.41) is 0. The van der Waals surface area contributed by atoms with E-state index in [4.69, 9.17) is 9.72 Å². The minimum absolute atomic E-state index is 0.0270. The molecule has 1 saturated heterocycles. The number of aromatic nitrogens is 2. The van der Waals surface area contributed by atoms with Crippen LogP contribution in [0.5, 0.6) is 5.75 Å². The van der Waals surface area contributed by atoms with Crippen LogP contribution in [0, 0.1) is 5.82 Å². The molecule has 1 fully saturated rings. The van der Waals surface area contributed by atoms with Crippen molar-refractivity contribution in [3.63, 3.8) is 0 Å². The molecular weight excluding hydrogens is 417 g/mol. The highest BCUT2D eigenvalue weighted by molar-refractivity contribution is 5.80. The number of fused-ring (bicyclic) bond motifs is 1. The molecule has 0 radical (unpaired) electrons. The quantitative estimate of drug-likeness (QED) is 0.431. The van der Waals surface area contributed by atoms with Crippen LogP contribution >= 0.6 is 0 Å². The molecule has 0 saturated carbocycles. The van der Waals surface area contributed by atoms with Crippen LogP contribution in [0.1, 0.15) is 30.1 Å². The maximum atomic E-state index is 13.5. The fourth-order valence-corrected chi connectivity index (χ4v) is 4.68. The first-order chi connectivity index (χ1) is 16.1. The molecule has 5 nitrogen and oxygen atoms in total. The lowest BCUT2D eigenvalue weighted by Crippen LogP contribution is -2.40. The standard InChI is InChI=1S/C27H26FN3O2/c1-33-23-11-5-8-20(17-23)26-24-12-2-3-14-31(24)27(29-26)21-9-6-13-30(18-21)25(32)16-19-7-4-10-22(28)15-19/h2-5,7-8,10-12,14-15,17,21H,6,9,13,16,18H2,1H3.